The van der Waals surface area contributed by atoms with E-state index in [4.69, 9.17) is 0 Å². The number of halogens is 3. The first-order valence-electron chi connectivity index (χ1n) is 20.3. The Balaban J connectivity index is 1.37. The van der Waals surface area contributed by atoms with E-state index in [1.807, 2.05) is 49.4 Å². The number of nitrogens with zero attached hydrogens (tertiary/aromatic N) is 1. The number of hydrogen-bond acceptors (Lipinski definition) is 5. The number of amides is 2. The highest BCUT2D eigenvalue weighted by atomic mass is 19.4. The summed E-state index contributed by atoms with van der Waals surface area (Å²) in [7, 11) is 0. The maximum Gasteiger partial charge on any atom is 0.573 e. The van der Waals surface area contributed by atoms with Gasteiger partial charge in [0.1, 0.15) is 5.75 Å². The molecule has 7 rings (SSSR count). The van der Waals surface area contributed by atoms with Crippen LogP contribution in [0.25, 0.3) is 0 Å². The summed E-state index contributed by atoms with van der Waals surface area (Å²) in [5.41, 5.74) is 3.03. The molecule has 2 fully saturated rings. The van der Waals surface area contributed by atoms with Gasteiger partial charge in [-0.2, -0.15) is 0 Å². The van der Waals surface area contributed by atoms with Crippen molar-refractivity contribution in [3.63, 3.8) is 0 Å². The van der Waals surface area contributed by atoms with Gasteiger partial charge in [-0.25, -0.2) is 4.79 Å². The van der Waals surface area contributed by atoms with Crippen molar-refractivity contribution in [2.75, 3.05) is 6.54 Å². The van der Waals surface area contributed by atoms with Crippen LogP contribution < -0.4 is 10.1 Å². The maximum absolute atomic E-state index is 14.4. The standard InChI is InChI=1S/C46H57F3N2O5/c1-31-11-10-25-44(3)41(39-23-19-34(27-37(52)20-16-31)28-40(39)42(53)36-14-8-5-9-15-36)24-26-45(44,55)30-51(43(54)50-32(2)35-12-6-4-7-13-35)29-33-17-21-38(22-18-33)56-46(47,48)49/h4,6-7,11-13,17-19,21-23,28,32,36-37,41,52,55H,5,8-10,14-16,20,24-27,29-30H2,1-3H3,(H,50,54). The second-order valence-corrected chi connectivity index (χ2v) is 16.8. The average Bonchev–Trinajstić information content (AvgIpc) is 3.42. The number of carbonyl (C=O) groups is 2. The third-order valence-electron chi connectivity index (χ3n) is 12.8. The maximum atomic E-state index is 14.4. The van der Waals surface area contributed by atoms with Crippen molar-refractivity contribution >= 4 is 11.8 Å². The summed E-state index contributed by atoms with van der Waals surface area (Å²) < 4.78 is 42.9. The highest BCUT2D eigenvalue weighted by molar-refractivity contribution is 5.99. The fourth-order valence-corrected chi connectivity index (χ4v) is 9.43. The second kappa shape index (κ2) is 17.6. The Hall–Kier alpha value is -4.15. The predicted molar refractivity (Wildman–Crippen MR) is 211 cm³/mol. The van der Waals surface area contributed by atoms with Crippen molar-refractivity contribution in [3.05, 3.63) is 112 Å². The van der Waals surface area contributed by atoms with E-state index >= 15 is 0 Å². The number of urea groups is 1. The lowest BCUT2D eigenvalue weighted by molar-refractivity contribution is -0.274. The number of ether oxygens (including phenoxy) is 1. The topological polar surface area (TPSA) is 99.1 Å². The molecule has 7 nitrogen and oxygen atoms in total. The van der Waals surface area contributed by atoms with Crippen LogP contribution >= 0.6 is 0 Å². The van der Waals surface area contributed by atoms with Crippen LogP contribution in [-0.2, 0) is 13.0 Å². The first-order valence-corrected chi connectivity index (χ1v) is 20.3. The van der Waals surface area contributed by atoms with E-state index in [1.54, 1.807) is 4.90 Å². The first-order chi connectivity index (χ1) is 26.6. The van der Waals surface area contributed by atoms with Gasteiger partial charge in [0.15, 0.2) is 5.78 Å². The molecule has 0 aromatic heterocycles. The van der Waals surface area contributed by atoms with Crippen LogP contribution in [0, 0.1) is 11.3 Å². The van der Waals surface area contributed by atoms with E-state index in [-0.39, 0.29) is 42.5 Å². The molecule has 2 amide bonds. The number of aliphatic hydroxyl groups excluding tert-OH is 1. The summed E-state index contributed by atoms with van der Waals surface area (Å²) in [4.78, 5) is 30.3. The molecule has 0 heterocycles. The number of allylic oxidation sites excluding steroid dienone is 2. The molecular weight excluding hydrogens is 718 g/mol. The Morgan fingerprint density at radius 3 is 2.38 bits per heavy atom. The normalized spacial score (nSPS) is 25.4. The van der Waals surface area contributed by atoms with Crippen LogP contribution in [0.2, 0.25) is 0 Å². The fourth-order valence-electron chi connectivity index (χ4n) is 9.43. The van der Waals surface area contributed by atoms with Crippen LogP contribution in [0.4, 0.5) is 18.0 Å². The van der Waals surface area contributed by atoms with Gasteiger partial charge in [-0.15, -0.1) is 13.2 Å². The third kappa shape index (κ3) is 9.86. The molecule has 56 heavy (non-hydrogen) atoms. The number of nitrogens with one attached hydrogen (secondary N) is 1. The molecule has 3 aromatic rings. The number of alkyl halides is 3. The Morgan fingerprint density at radius 1 is 0.964 bits per heavy atom. The van der Waals surface area contributed by atoms with E-state index in [9.17, 15) is 33.0 Å². The number of carbonyl (C=O) groups excluding carboxylic acids is 2. The Bertz CT molecular complexity index is 1840. The van der Waals surface area contributed by atoms with Gasteiger partial charge in [-0.1, -0.05) is 92.4 Å². The van der Waals surface area contributed by atoms with Crippen molar-refractivity contribution in [3.8, 4) is 5.75 Å². The Morgan fingerprint density at radius 2 is 1.68 bits per heavy atom. The number of benzene rings is 3. The lowest BCUT2D eigenvalue weighted by Crippen LogP contribution is -2.55. The van der Waals surface area contributed by atoms with E-state index in [1.165, 1.54) is 29.8 Å². The van der Waals surface area contributed by atoms with Gasteiger partial charge in [-0.3, -0.25) is 4.79 Å². The highest BCUT2D eigenvalue weighted by Gasteiger charge is 2.58. The van der Waals surface area contributed by atoms with Crippen LogP contribution in [-0.4, -0.2) is 51.5 Å². The van der Waals surface area contributed by atoms with Gasteiger partial charge in [0, 0.05) is 23.4 Å². The summed E-state index contributed by atoms with van der Waals surface area (Å²) in [6, 6.07) is 20.3. The minimum Gasteiger partial charge on any atom is -0.406 e. The monoisotopic (exact) mass is 774 g/mol. The van der Waals surface area contributed by atoms with Gasteiger partial charge in [0.2, 0.25) is 0 Å². The minimum atomic E-state index is -4.83. The van der Waals surface area contributed by atoms with Crippen molar-refractivity contribution in [2.24, 2.45) is 11.3 Å². The molecule has 2 bridgehead atoms. The fraction of sp³-hybridized carbons (Fsp3) is 0.522. The van der Waals surface area contributed by atoms with Crippen molar-refractivity contribution in [1.82, 2.24) is 10.2 Å². The Kier molecular flexibility index (Phi) is 13.0. The van der Waals surface area contributed by atoms with Gasteiger partial charge >= 0.3 is 12.4 Å². The molecule has 2 saturated carbocycles. The molecule has 4 aliphatic carbocycles. The van der Waals surface area contributed by atoms with Crippen LogP contribution in [0.1, 0.15) is 136 Å². The molecule has 0 spiro atoms. The Labute approximate surface area is 329 Å². The smallest absolute Gasteiger partial charge is 0.406 e. The number of rotatable bonds is 9. The second-order valence-electron chi connectivity index (χ2n) is 16.8. The molecule has 5 unspecified atom stereocenters. The highest BCUT2D eigenvalue weighted by Crippen LogP contribution is 2.59. The van der Waals surface area contributed by atoms with Gasteiger partial charge < -0.3 is 25.2 Å². The van der Waals surface area contributed by atoms with E-state index in [2.05, 4.69) is 36.0 Å². The molecule has 3 N–H and O–H groups in total. The summed E-state index contributed by atoms with van der Waals surface area (Å²) in [5, 5.41) is 27.2. The minimum absolute atomic E-state index is 0.0319. The van der Waals surface area contributed by atoms with E-state index in [0.717, 1.165) is 55.2 Å². The summed E-state index contributed by atoms with van der Waals surface area (Å²) in [6.45, 7) is 6.05. The van der Waals surface area contributed by atoms with Crippen LogP contribution in [0.3, 0.4) is 0 Å². The van der Waals surface area contributed by atoms with E-state index < -0.39 is 29.5 Å². The zero-order valence-electron chi connectivity index (χ0n) is 32.9. The van der Waals surface area contributed by atoms with Crippen LogP contribution in [0.15, 0.2) is 84.4 Å². The average molecular weight is 775 g/mol. The molecule has 5 atom stereocenters. The molecule has 0 radical (unpaired) electrons. The van der Waals surface area contributed by atoms with Gasteiger partial charge in [0.25, 0.3) is 0 Å². The largest absolute Gasteiger partial charge is 0.573 e. The van der Waals surface area contributed by atoms with Crippen molar-refractivity contribution < 1.29 is 37.7 Å². The van der Waals surface area contributed by atoms with Gasteiger partial charge in [0.05, 0.1) is 24.3 Å². The van der Waals surface area contributed by atoms with E-state index in [0.29, 0.717) is 49.7 Å². The molecular formula is C46H57F3N2O5. The number of fused-ring (bicyclic) bond motifs is 8. The van der Waals surface area contributed by atoms with Crippen LogP contribution in [0.5, 0.6) is 5.75 Å². The number of ketones is 1. The molecule has 0 aliphatic heterocycles. The predicted octanol–water partition coefficient (Wildman–Crippen LogP) is 10.4. The molecule has 302 valence electrons. The summed E-state index contributed by atoms with van der Waals surface area (Å²) in [5.74, 6) is -0.470. The zero-order valence-corrected chi connectivity index (χ0v) is 32.9. The van der Waals surface area contributed by atoms with Crippen molar-refractivity contribution in [2.45, 2.75) is 134 Å². The zero-order chi connectivity index (χ0) is 40.1. The molecule has 0 saturated heterocycles. The number of Topliss-reactive ketones (excluding diaryl/α,β-unsaturated/α-hetero) is 1. The molecule has 3 aromatic carbocycles. The quantitative estimate of drug-likeness (QED) is 0.149. The number of aliphatic hydroxyl groups is 2. The number of hydrogen-bond donors (Lipinski definition) is 3. The lowest BCUT2D eigenvalue weighted by atomic mass is 9.64. The lowest BCUT2D eigenvalue weighted by Gasteiger charge is -2.46. The van der Waals surface area contributed by atoms with Gasteiger partial charge in [-0.05, 0) is 118 Å². The first kappa shape index (κ1) is 41.5. The summed E-state index contributed by atoms with van der Waals surface area (Å²) >= 11 is 0. The van der Waals surface area contributed by atoms with Crippen molar-refractivity contribution in [1.29, 1.82) is 0 Å². The molecule has 4 aliphatic rings. The SMILES string of the molecule is CC1=CCCC2(C)C(CCC2(O)CN(Cc2ccc(OC(F)(F)F)cc2)C(=O)NC(C)c2ccccc2)c2ccc(cc2C(=O)C2CCCCC2)CC(O)CC1. The molecule has 10 heteroatoms. The third-order valence-corrected chi connectivity index (χ3v) is 12.8. The summed E-state index contributed by atoms with van der Waals surface area (Å²) in [6.07, 6.45) is 5.75.